The van der Waals surface area contributed by atoms with Gasteiger partial charge in [0.2, 0.25) is 6.35 Å². The number of carbonyl (C=O) groups is 1. The van der Waals surface area contributed by atoms with Crippen LogP contribution in [0, 0.1) is 5.92 Å². The molecule has 2 rings (SSSR count). The highest BCUT2D eigenvalue weighted by molar-refractivity contribution is 5.93. The van der Waals surface area contributed by atoms with Gasteiger partial charge < -0.3 is 10.0 Å². The Morgan fingerprint density at radius 3 is 2.69 bits per heavy atom. The first-order valence-corrected chi connectivity index (χ1v) is 5.10. The summed E-state index contributed by atoms with van der Waals surface area (Å²) in [4.78, 5) is 13.9. The largest absolute Gasteiger partial charge is 0.356 e. The third-order valence-corrected chi connectivity index (χ3v) is 3.05. The Morgan fingerprint density at radius 1 is 1.62 bits per heavy atom. The summed E-state index contributed by atoms with van der Waals surface area (Å²) in [6.07, 6.45) is 0.162. The Labute approximate surface area is 92.1 Å². The first-order chi connectivity index (χ1) is 7.33. The number of aliphatic hydroxyl groups is 1. The van der Waals surface area contributed by atoms with Gasteiger partial charge in [0, 0.05) is 37.7 Å². The van der Waals surface area contributed by atoms with Gasteiger partial charge in [0.05, 0.1) is 0 Å². The van der Waals surface area contributed by atoms with Crippen molar-refractivity contribution in [2.75, 3.05) is 13.6 Å². The predicted octanol–water partition coefficient (Wildman–Crippen LogP) is 0.595. The second kappa shape index (κ2) is 3.41. The number of halogens is 2. The van der Waals surface area contributed by atoms with Gasteiger partial charge in [-0.05, 0) is 6.92 Å². The number of likely N-dealkylation sites (N-methyl/N-ethyl adjacent to an activating group) is 1. The van der Waals surface area contributed by atoms with Gasteiger partial charge in [-0.2, -0.15) is 0 Å². The highest BCUT2D eigenvalue weighted by Gasteiger charge is 2.57. The predicted molar refractivity (Wildman–Crippen MR) is 52.3 cm³/mol. The monoisotopic (exact) mass is 232 g/mol. The summed E-state index contributed by atoms with van der Waals surface area (Å²) in [6, 6.07) is 0. The van der Waals surface area contributed by atoms with Gasteiger partial charge in [-0.15, -0.1) is 0 Å². The second-order valence-electron chi connectivity index (χ2n) is 4.43. The molecule has 2 aliphatic rings. The van der Waals surface area contributed by atoms with Crippen LogP contribution in [0.25, 0.3) is 0 Å². The van der Waals surface area contributed by atoms with Gasteiger partial charge in [-0.3, -0.25) is 9.69 Å². The molecule has 0 aromatic carbocycles. The molecular formula is C10H14F2N2O2. The van der Waals surface area contributed by atoms with Crippen molar-refractivity contribution in [2.24, 2.45) is 5.92 Å². The van der Waals surface area contributed by atoms with E-state index in [1.54, 1.807) is 6.92 Å². The minimum atomic E-state index is -2.61. The van der Waals surface area contributed by atoms with E-state index in [1.165, 1.54) is 18.1 Å². The van der Waals surface area contributed by atoms with Gasteiger partial charge in [-0.25, -0.2) is 8.78 Å². The van der Waals surface area contributed by atoms with E-state index in [-0.39, 0.29) is 18.9 Å². The Bertz CT molecular complexity index is 357. The molecule has 0 radical (unpaired) electrons. The summed E-state index contributed by atoms with van der Waals surface area (Å²) >= 11 is 0. The number of rotatable bonds is 2. The van der Waals surface area contributed by atoms with E-state index >= 15 is 0 Å². The average molecular weight is 232 g/mol. The smallest absolute Gasteiger partial charge is 0.254 e. The van der Waals surface area contributed by atoms with E-state index in [4.69, 9.17) is 0 Å². The number of nitrogens with zero attached hydrogens (tertiary/aromatic N) is 2. The number of aliphatic hydroxyl groups excluding tert-OH is 1. The first kappa shape index (κ1) is 11.3. The van der Waals surface area contributed by atoms with Crippen LogP contribution in [0.15, 0.2) is 11.8 Å². The Balaban J connectivity index is 2.07. The highest BCUT2D eigenvalue weighted by Crippen LogP contribution is 2.49. The van der Waals surface area contributed by atoms with E-state index in [1.807, 2.05) is 0 Å². The molecule has 2 unspecified atom stereocenters. The maximum Gasteiger partial charge on any atom is 0.254 e. The maximum atomic E-state index is 12.7. The summed E-state index contributed by atoms with van der Waals surface area (Å²) in [6.45, 7) is 1.67. The normalized spacial score (nSPS) is 32.8. The lowest BCUT2D eigenvalue weighted by atomic mass is 10.2. The van der Waals surface area contributed by atoms with E-state index in [2.05, 4.69) is 0 Å². The SMILES string of the molecule is CC1=CN(CC2CC2(F)F)C(O)N(C)C1=O. The van der Waals surface area contributed by atoms with Gasteiger partial charge in [0.1, 0.15) is 0 Å². The molecule has 1 N–H and O–H groups in total. The molecule has 0 bridgehead atoms. The van der Waals surface area contributed by atoms with Gasteiger partial charge >= 0.3 is 0 Å². The van der Waals surface area contributed by atoms with Crippen molar-refractivity contribution in [1.82, 2.24) is 9.80 Å². The molecule has 16 heavy (non-hydrogen) atoms. The van der Waals surface area contributed by atoms with Crippen LogP contribution in [0.1, 0.15) is 13.3 Å². The van der Waals surface area contributed by atoms with Crippen LogP contribution in [0.4, 0.5) is 8.78 Å². The molecule has 1 amide bonds. The van der Waals surface area contributed by atoms with Crippen molar-refractivity contribution in [2.45, 2.75) is 25.6 Å². The zero-order valence-corrected chi connectivity index (χ0v) is 9.15. The Kier molecular flexibility index (Phi) is 2.41. The standard InChI is InChI=1S/C10H14F2N2O2/c1-6-4-14(5-7-3-10(7,11)12)9(16)13(2)8(6)15/h4,7,9,16H,3,5H2,1-2H3. The molecule has 1 saturated carbocycles. The van der Waals surface area contributed by atoms with Gasteiger partial charge in [0.15, 0.2) is 0 Å². The van der Waals surface area contributed by atoms with Gasteiger partial charge in [0.25, 0.3) is 11.8 Å². The summed E-state index contributed by atoms with van der Waals surface area (Å²) in [5.74, 6) is -3.61. The fourth-order valence-corrected chi connectivity index (χ4v) is 1.85. The molecule has 1 heterocycles. The van der Waals surface area contributed by atoms with Crippen molar-refractivity contribution >= 4 is 5.91 Å². The number of carbonyl (C=O) groups excluding carboxylic acids is 1. The third-order valence-electron chi connectivity index (χ3n) is 3.05. The summed E-state index contributed by atoms with van der Waals surface area (Å²) in [5, 5.41) is 9.71. The fraction of sp³-hybridized carbons (Fsp3) is 0.700. The summed E-state index contributed by atoms with van der Waals surface area (Å²) < 4.78 is 25.5. The zero-order valence-electron chi connectivity index (χ0n) is 9.15. The van der Waals surface area contributed by atoms with Crippen LogP contribution in [-0.2, 0) is 4.79 Å². The van der Waals surface area contributed by atoms with Crippen molar-refractivity contribution in [1.29, 1.82) is 0 Å². The van der Waals surface area contributed by atoms with Crippen LogP contribution in [0.5, 0.6) is 0 Å². The molecule has 0 aromatic rings. The van der Waals surface area contributed by atoms with Crippen LogP contribution >= 0.6 is 0 Å². The molecule has 2 atom stereocenters. The zero-order chi connectivity index (χ0) is 12.1. The van der Waals surface area contributed by atoms with E-state index in [0.717, 1.165) is 4.90 Å². The second-order valence-corrected chi connectivity index (χ2v) is 4.43. The molecule has 0 saturated heterocycles. The number of amides is 1. The van der Waals surface area contributed by atoms with E-state index in [0.29, 0.717) is 5.57 Å². The lowest BCUT2D eigenvalue weighted by Gasteiger charge is -2.37. The van der Waals surface area contributed by atoms with Crippen LogP contribution in [-0.4, -0.2) is 46.7 Å². The molecule has 1 aliphatic carbocycles. The van der Waals surface area contributed by atoms with E-state index < -0.39 is 18.2 Å². The molecule has 1 fully saturated rings. The van der Waals surface area contributed by atoms with Crippen molar-refractivity contribution in [3.63, 3.8) is 0 Å². The minimum Gasteiger partial charge on any atom is -0.356 e. The molecular weight excluding hydrogens is 218 g/mol. The molecule has 4 nitrogen and oxygen atoms in total. The van der Waals surface area contributed by atoms with Crippen molar-refractivity contribution in [3.05, 3.63) is 11.8 Å². The Morgan fingerprint density at radius 2 is 2.19 bits per heavy atom. The van der Waals surface area contributed by atoms with Crippen LogP contribution in [0.3, 0.4) is 0 Å². The first-order valence-electron chi connectivity index (χ1n) is 5.10. The summed E-state index contributed by atoms with van der Waals surface area (Å²) in [7, 11) is 1.45. The van der Waals surface area contributed by atoms with Crippen LogP contribution < -0.4 is 0 Å². The number of hydrogen-bond acceptors (Lipinski definition) is 3. The number of hydrogen-bond donors (Lipinski definition) is 1. The average Bonchev–Trinajstić information content (AvgIpc) is 2.79. The fourth-order valence-electron chi connectivity index (χ4n) is 1.85. The quantitative estimate of drug-likeness (QED) is 0.758. The molecule has 1 aliphatic heterocycles. The van der Waals surface area contributed by atoms with Crippen LogP contribution in [0.2, 0.25) is 0 Å². The van der Waals surface area contributed by atoms with Gasteiger partial charge in [-0.1, -0.05) is 0 Å². The Hall–Kier alpha value is -1.17. The molecule has 90 valence electrons. The lowest BCUT2D eigenvalue weighted by Crippen LogP contribution is -2.51. The molecule has 6 heteroatoms. The molecule has 0 spiro atoms. The summed E-state index contributed by atoms with van der Waals surface area (Å²) in [5.41, 5.74) is 0.441. The lowest BCUT2D eigenvalue weighted by molar-refractivity contribution is -0.150. The molecule has 0 aromatic heterocycles. The topological polar surface area (TPSA) is 43.8 Å². The van der Waals surface area contributed by atoms with Crippen molar-refractivity contribution < 1.29 is 18.7 Å². The minimum absolute atomic E-state index is 0.0725. The van der Waals surface area contributed by atoms with Crippen molar-refractivity contribution in [3.8, 4) is 0 Å². The third kappa shape index (κ3) is 1.77. The number of alkyl halides is 2. The maximum absolute atomic E-state index is 12.7. The highest BCUT2D eigenvalue weighted by atomic mass is 19.3. The van der Waals surface area contributed by atoms with E-state index in [9.17, 15) is 18.7 Å².